The maximum absolute atomic E-state index is 12.3. The first kappa shape index (κ1) is 18.2. The molecule has 1 atom stereocenters. The summed E-state index contributed by atoms with van der Waals surface area (Å²) < 4.78 is 27.2. The van der Waals surface area contributed by atoms with E-state index in [0.29, 0.717) is 23.0 Å². The van der Waals surface area contributed by atoms with Gasteiger partial charge in [-0.2, -0.15) is 0 Å². The van der Waals surface area contributed by atoms with Crippen molar-refractivity contribution in [2.45, 2.75) is 11.3 Å². The number of rotatable bonds is 5. The molecule has 1 aliphatic heterocycles. The predicted molar refractivity (Wildman–Crippen MR) is 98.6 cm³/mol. The monoisotopic (exact) mass is 398 g/mol. The van der Waals surface area contributed by atoms with Crippen LogP contribution in [0.5, 0.6) is 0 Å². The van der Waals surface area contributed by atoms with Crippen molar-refractivity contribution >= 4 is 44.8 Å². The van der Waals surface area contributed by atoms with Gasteiger partial charge in [0.2, 0.25) is 15.9 Å². The van der Waals surface area contributed by atoms with Crippen LogP contribution in [0.4, 0.5) is 5.69 Å². The number of amides is 1. The Morgan fingerprint density at radius 2 is 1.56 bits per heavy atom. The topological polar surface area (TPSA) is 66.5 Å². The summed E-state index contributed by atoms with van der Waals surface area (Å²) >= 11 is 11.6. The molecule has 8 heteroatoms. The van der Waals surface area contributed by atoms with E-state index in [4.69, 9.17) is 23.2 Å². The van der Waals surface area contributed by atoms with E-state index in [1.54, 1.807) is 29.2 Å². The highest BCUT2D eigenvalue weighted by Gasteiger charge is 2.31. The van der Waals surface area contributed by atoms with Gasteiger partial charge < -0.3 is 4.90 Å². The Morgan fingerprint density at radius 3 is 2.16 bits per heavy atom. The van der Waals surface area contributed by atoms with E-state index in [1.165, 1.54) is 24.3 Å². The summed E-state index contributed by atoms with van der Waals surface area (Å²) in [5, 5.41) is 1.07. The van der Waals surface area contributed by atoms with Crippen LogP contribution in [0.2, 0.25) is 10.0 Å². The number of nitrogens with zero attached hydrogens (tertiary/aromatic N) is 1. The van der Waals surface area contributed by atoms with E-state index in [-0.39, 0.29) is 23.3 Å². The zero-order chi connectivity index (χ0) is 18.0. The molecule has 1 amide bonds. The lowest BCUT2D eigenvalue weighted by molar-refractivity contribution is -0.117. The Morgan fingerprint density at radius 1 is 1.00 bits per heavy atom. The first-order valence-electron chi connectivity index (χ1n) is 7.66. The number of hydrogen-bond donors (Lipinski definition) is 1. The van der Waals surface area contributed by atoms with Crippen molar-refractivity contribution in [1.82, 2.24) is 4.72 Å². The quantitative estimate of drug-likeness (QED) is 0.839. The van der Waals surface area contributed by atoms with Crippen LogP contribution in [0.3, 0.4) is 0 Å². The van der Waals surface area contributed by atoms with Crippen molar-refractivity contribution < 1.29 is 13.2 Å². The fourth-order valence-corrected chi connectivity index (χ4v) is 4.08. The fourth-order valence-electron chi connectivity index (χ4n) is 2.71. The van der Waals surface area contributed by atoms with Crippen LogP contribution >= 0.6 is 23.2 Å². The van der Waals surface area contributed by atoms with Gasteiger partial charge in [-0.3, -0.25) is 4.79 Å². The van der Waals surface area contributed by atoms with E-state index in [2.05, 4.69) is 4.72 Å². The minimum absolute atomic E-state index is 0.0296. The molecule has 0 spiro atoms. The Kier molecular flexibility index (Phi) is 5.34. The van der Waals surface area contributed by atoms with Gasteiger partial charge in [0.1, 0.15) is 0 Å². The molecule has 0 bridgehead atoms. The van der Waals surface area contributed by atoms with Gasteiger partial charge in [-0.1, -0.05) is 23.2 Å². The highest BCUT2D eigenvalue weighted by molar-refractivity contribution is 7.89. The van der Waals surface area contributed by atoms with Gasteiger partial charge in [-0.15, -0.1) is 0 Å². The van der Waals surface area contributed by atoms with Crippen LogP contribution in [0.25, 0.3) is 0 Å². The van der Waals surface area contributed by atoms with Crippen molar-refractivity contribution in [1.29, 1.82) is 0 Å². The maximum Gasteiger partial charge on any atom is 0.240 e. The van der Waals surface area contributed by atoms with Crippen molar-refractivity contribution in [3.63, 3.8) is 0 Å². The second-order valence-electron chi connectivity index (χ2n) is 5.86. The standard InChI is InChI=1S/C17H16Cl2N2O3S/c18-13-1-5-15(6-2-13)21-11-12(9-17(21)22)10-20-25(23,24)16-7-3-14(19)4-8-16/h1-8,12,20H,9-11H2. The lowest BCUT2D eigenvalue weighted by Crippen LogP contribution is -2.31. The molecule has 2 aromatic rings. The second kappa shape index (κ2) is 7.33. The summed E-state index contributed by atoms with van der Waals surface area (Å²) in [5.41, 5.74) is 0.762. The Labute approximate surface area is 156 Å². The Hall–Kier alpha value is -1.60. The molecule has 1 heterocycles. The third-order valence-electron chi connectivity index (χ3n) is 4.03. The van der Waals surface area contributed by atoms with Crippen LogP contribution in [0, 0.1) is 5.92 Å². The van der Waals surface area contributed by atoms with Crippen LogP contribution in [0.15, 0.2) is 53.4 Å². The van der Waals surface area contributed by atoms with Gasteiger partial charge in [0.15, 0.2) is 0 Å². The van der Waals surface area contributed by atoms with Crippen LogP contribution in [-0.2, 0) is 14.8 Å². The molecule has 1 fully saturated rings. The zero-order valence-corrected chi connectivity index (χ0v) is 15.5. The van der Waals surface area contributed by atoms with E-state index in [9.17, 15) is 13.2 Å². The van der Waals surface area contributed by atoms with E-state index in [0.717, 1.165) is 5.69 Å². The van der Waals surface area contributed by atoms with Gasteiger partial charge >= 0.3 is 0 Å². The van der Waals surface area contributed by atoms with Gasteiger partial charge in [0, 0.05) is 35.2 Å². The average molecular weight is 399 g/mol. The molecule has 0 aliphatic carbocycles. The van der Waals surface area contributed by atoms with E-state index >= 15 is 0 Å². The maximum atomic E-state index is 12.3. The molecule has 132 valence electrons. The summed E-state index contributed by atoms with van der Waals surface area (Å²) in [7, 11) is -3.63. The average Bonchev–Trinajstić information content (AvgIpc) is 2.95. The Bertz CT molecular complexity index is 868. The van der Waals surface area contributed by atoms with Crippen molar-refractivity contribution in [3.05, 3.63) is 58.6 Å². The fraction of sp³-hybridized carbons (Fsp3) is 0.235. The molecule has 2 aromatic carbocycles. The molecule has 1 saturated heterocycles. The zero-order valence-electron chi connectivity index (χ0n) is 13.2. The normalized spacial score (nSPS) is 17.9. The number of sulfonamides is 1. The van der Waals surface area contributed by atoms with Gasteiger partial charge in [-0.25, -0.2) is 13.1 Å². The number of carbonyl (C=O) groups excluding carboxylic acids is 1. The van der Waals surface area contributed by atoms with E-state index < -0.39 is 10.0 Å². The number of carbonyl (C=O) groups is 1. The molecule has 1 unspecified atom stereocenters. The lowest BCUT2D eigenvalue weighted by atomic mass is 10.1. The minimum atomic E-state index is -3.63. The largest absolute Gasteiger partial charge is 0.312 e. The van der Waals surface area contributed by atoms with Crippen molar-refractivity contribution in [3.8, 4) is 0 Å². The Balaban J connectivity index is 1.63. The van der Waals surface area contributed by atoms with Gasteiger partial charge in [0.05, 0.1) is 4.90 Å². The molecule has 1 N–H and O–H groups in total. The highest BCUT2D eigenvalue weighted by Crippen LogP contribution is 2.26. The minimum Gasteiger partial charge on any atom is -0.312 e. The first-order valence-corrected chi connectivity index (χ1v) is 9.90. The summed E-state index contributed by atoms with van der Waals surface area (Å²) in [4.78, 5) is 14.0. The molecular weight excluding hydrogens is 383 g/mol. The van der Waals surface area contributed by atoms with Crippen molar-refractivity contribution in [2.75, 3.05) is 18.0 Å². The molecule has 0 saturated carbocycles. The SMILES string of the molecule is O=C1CC(CNS(=O)(=O)c2ccc(Cl)cc2)CN1c1ccc(Cl)cc1. The number of halogens is 2. The van der Waals surface area contributed by atoms with Crippen LogP contribution < -0.4 is 9.62 Å². The molecule has 0 radical (unpaired) electrons. The summed E-state index contributed by atoms with van der Waals surface area (Å²) in [6.45, 7) is 0.657. The molecule has 5 nitrogen and oxygen atoms in total. The third kappa shape index (κ3) is 4.33. The van der Waals surface area contributed by atoms with Crippen LogP contribution in [0.1, 0.15) is 6.42 Å². The number of nitrogens with one attached hydrogen (secondary N) is 1. The molecule has 25 heavy (non-hydrogen) atoms. The third-order valence-corrected chi connectivity index (χ3v) is 5.97. The van der Waals surface area contributed by atoms with Gasteiger partial charge in [0.25, 0.3) is 0 Å². The molecular formula is C17H16Cl2N2O3S. The molecule has 1 aliphatic rings. The highest BCUT2D eigenvalue weighted by atomic mass is 35.5. The number of benzene rings is 2. The predicted octanol–water partition coefficient (Wildman–Crippen LogP) is 3.32. The summed E-state index contributed by atoms with van der Waals surface area (Å²) in [6, 6.07) is 13.0. The van der Waals surface area contributed by atoms with Crippen LogP contribution in [-0.4, -0.2) is 27.4 Å². The number of anilines is 1. The smallest absolute Gasteiger partial charge is 0.240 e. The summed E-state index contributed by atoms with van der Waals surface area (Å²) in [5.74, 6) is -0.122. The lowest BCUT2D eigenvalue weighted by Gasteiger charge is -2.17. The summed E-state index contributed by atoms with van der Waals surface area (Å²) in [6.07, 6.45) is 0.297. The number of hydrogen-bond acceptors (Lipinski definition) is 3. The second-order valence-corrected chi connectivity index (χ2v) is 8.50. The molecule has 3 rings (SSSR count). The molecule has 0 aromatic heterocycles. The first-order chi connectivity index (χ1) is 11.8. The van der Waals surface area contributed by atoms with E-state index in [1.807, 2.05) is 0 Å². The van der Waals surface area contributed by atoms with Gasteiger partial charge in [-0.05, 0) is 54.4 Å². The van der Waals surface area contributed by atoms with Crippen molar-refractivity contribution in [2.24, 2.45) is 5.92 Å².